The van der Waals surface area contributed by atoms with Gasteiger partial charge in [-0.3, -0.25) is 14.8 Å². The van der Waals surface area contributed by atoms with Crippen LogP contribution in [0.5, 0.6) is 0 Å². The molecular formula is C14H17F6N3. The molecule has 0 radical (unpaired) electrons. The van der Waals surface area contributed by atoms with E-state index in [4.69, 9.17) is 0 Å². The number of piperazine rings is 1. The smallest absolute Gasteiger partial charge is 0.295 e. The quantitative estimate of drug-likeness (QED) is 0.788. The van der Waals surface area contributed by atoms with Crippen LogP contribution in [0, 0.1) is 0 Å². The molecule has 23 heavy (non-hydrogen) atoms. The highest BCUT2D eigenvalue weighted by Crippen LogP contribution is 2.31. The molecule has 130 valence electrons. The number of nitrogens with zero attached hydrogens (tertiary/aromatic N) is 3. The van der Waals surface area contributed by atoms with Crippen LogP contribution in [-0.4, -0.2) is 53.2 Å². The Morgan fingerprint density at radius 3 is 2.22 bits per heavy atom. The van der Waals surface area contributed by atoms with Crippen molar-refractivity contribution in [2.75, 3.05) is 26.2 Å². The molecular weight excluding hydrogens is 324 g/mol. The summed E-state index contributed by atoms with van der Waals surface area (Å²) >= 11 is 0. The zero-order valence-corrected chi connectivity index (χ0v) is 12.5. The van der Waals surface area contributed by atoms with E-state index in [2.05, 4.69) is 4.98 Å². The van der Waals surface area contributed by atoms with Crippen molar-refractivity contribution in [2.45, 2.75) is 31.9 Å². The van der Waals surface area contributed by atoms with E-state index < -0.39 is 24.0 Å². The van der Waals surface area contributed by atoms with E-state index in [1.165, 1.54) is 17.2 Å². The summed E-state index contributed by atoms with van der Waals surface area (Å²) in [5, 5.41) is 0. The molecule has 1 aromatic rings. The van der Waals surface area contributed by atoms with Crippen molar-refractivity contribution in [3.63, 3.8) is 0 Å². The van der Waals surface area contributed by atoms with Gasteiger partial charge in [0.1, 0.15) is 6.04 Å². The van der Waals surface area contributed by atoms with Crippen LogP contribution < -0.4 is 0 Å². The summed E-state index contributed by atoms with van der Waals surface area (Å²) in [7, 11) is 0. The molecule has 9 heteroatoms. The van der Waals surface area contributed by atoms with Crippen LogP contribution in [0.25, 0.3) is 0 Å². The van der Waals surface area contributed by atoms with Crippen molar-refractivity contribution < 1.29 is 26.3 Å². The third-order valence-electron chi connectivity index (χ3n) is 4.00. The predicted octanol–water partition coefficient (Wildman–Crippen LogP) is 3.17. The fourth-order valence-corrected chi connectivity index (χ4v) is 2.55. The van der Waals surface area contributed by atoms with E-state index in [0.29, 0.717) is 0 Å². The van der Waals surface area contributed by atoms with Crippen molar-refractivity contribution >= 4 is 0 Å². The van der Waals surface area contributed by atoms with Gasteiger partial charge in [-0.05, 0) is 19.1 Å². The van der Waals surface area contributed by atoms with Gasteiger partial charge in [-0.2, -0.15) is 26.3 Å². The molecule has 1 aliphatic heterocycles. The monoisotopic (exact) mass is 341 g/mol. The van der Waals surface area contributed by atoms with Crippen LogP contribution in [0.15, 0.2) is 18.3 Å². The van der Waals surface area contributed by atoms with Crippen LogP contribution >= 0.6 is 0 Å². The summed E-state index contributed by atoms with van der Waals surface area (Å²) in [6.45, 7) is 1.94. The summed E-state index contributed by atoms with van der Waals surface area (Å²) in [6.07, 6.45) is -7.50. The Kier molecular flexibility index (Phi) is 5.20. The van der Waals surface area contributed by atoms with Crippen molar-refractivity contribution in [3.05, 3.63) is 29.6 Å². The highest BCUT2D eigenvalue weighted by Gasteiger charge is 2.41. The third-order valence-corrected chi connectivity index (χ3v) is 4.00. The Hall–Kier alpha value is -1.35. The molecule has 0 unspecified atom stereocenters. The molecule has 1 atom stereocenters. The normalized spacial score (nSPS) is 19.8. The van der Waals surface area contributed by atoms with Gasteiger partial charge < -0.3 is 0 Å². The Bertz CT molecular complexity index is 520. The number of aromatic nitrogens is 1. The number of halogens is 6. The van der Waals surface area contributed by atoms with E-state index in [1.54, 1.807) is 4.90 Å². The zero-order valence-electron chi connectivity index (χ0n) is 12.5. The second-order valence-electron chi connectivity index (χ2n) is 5.53. The largest absolute Gasteiger partial charge is 0.418 e. The van der Waals surface area contributed by atoms with Crippen molar-refractivity contribution in [3.8, 4) is 0 Å². The molecule has 1 aromatic heterocycles. The highest BCUT2D eigenvalue weighted by molar-refractivity contribution is 5.23. The van der Waals surface area contributed by atoms with Crippen LogP contribution in [0.1, 0.15) is 18.2 Å². The molecule has 1 saturated heterocycles. The van der Waals surface area contributed by atoms with E-state index in [-0.39, 0.29) is 38.4 Å². The van der Waals surface area contributed by atoms with Gasteiger partial charge in [0.05, 0.1) is 11.3 Å². The van der Waals surface area contributed by atoms with E-state index in [9.17, 15) is 26.3 Å². The number of pyridine rings is 1. The van der Waals surface area contributed by atoms with Gasteiger partial charge in [-0.1, -0.05) is 0 Å². The number of hydrogen-bond donors (Lipinski definition) is 0. The van der Waals surface area contributed by atoms with Gasteiger partial charge in [0.25, 0.3) is 0 Å². The molecule has 0 aliphatic carbocycles. The standard InChI is InChI=1S/C14H17F6N3/c1-10(13(15,16)17)23-7-5-22(6-8-23)9-12-11(14(18,19)20)3-2-4-21-12/h2-4,10H,5-9H2,1H3/t10-/m1/s1. The first kappa shape index (κ1) is 18.0. The molecule has 0 aromatic carbocycles. The Morgan fingerprint density at radius 2 is 1.70 bits per heavy atom. The van der Waals surface area contributed by atoms with Crippen molar-refractivity contribution in [1.82, 2.24) is 14.8 Å². The van der Waals surface area contributed by atoms with E-state index in [1.807, 2.05) is 0 Å². The summed E-state index contributed by atoms with van der Waals surface area (Å²) in [5.74, 6) is 0. The Balaban J connectivity index is 1.98. The van der Waals surface area contributed by atoms with Crippen molar-refractivity contribution in [1.29, 1.82) is 0 Å². The Labute approximate surface area is 129 Å². The lowest BCUT2D eigenvalue weighted by Gasteiger charge is -2.38. The Morgan fingerprint density at radius 1 is 1.09 bits per heavy atom. The molecule has 0 amide bonds. The average Bonchev–Trinajstić information content (AvgIpc) is 2.46. The average molecular weight is 341 g/mol. The zero-order chi connectivity index (χ0) is 17.3. The molecule has 0 bridgehead atoms. The summed E-state index contributed by atoms with van der Waals surface area (Å²) < 4.78 is 76.7. The van der Waals surface area contributed by atoms with Crippen molar-refractivity contribution in [2.24, 2.45) is 0 Å². The second kappa shape index (κ2) is 6.64. The number of alkyl halides is 6. The van der Waals surface area contributed by atoms with Crippen LogP contribution in [0.3, 0.4) is 0 Å². The molecule has 2 rings (SSSR count). The fraction of sp³-hybridized carbons (Fsp3) is 0.643. The van der Waals surface area contributed by atoms with Gasteiger partial charge in [0.15, 0.2) is 0 Å². The van der Waals surface area contributed by atoms with Gasteiger partial charge in [0, 0.05) is 38.9 Å². The molecule has 2 heterocycles. The molecule has 3 nitrogen and oxygen atoms in total. The number of rotatable bonds is 3. The fourth-order valence-electron chi connectivity index (χ4n) is 2.55. The van der Waals surface area contributed by atoms with Gasteiger partial charge in [0.2, 0.25) is 0 Å². The van der Waals surface area contributed by atoms with E-state index in [0.717, 1.165) is 13.0 Å². The molecule has 1 aliphatic rings. The highest BCUT2D eigenvalue weighted by atomic mass is 19.4. The maximum Gasteiger partial charge on any atom is 0.418 e. The third kappa shape index (κ3) is 4.57. The second-order valence-corrected chi connectivity index (χ2v) is 5.53. The molecule has 0 N–H and O–H groups in total. The van der Waals surface area contributed by atoms with Crippen LogP contribution in [0.2, 0.25) is 0 Å². The minimum atomic E-state index is -4.49. The summed E-state index contributed by atoms with van der Waals surface area (Å²) in [5.41, 5.74) is -0.900. The lowest BCUT2D eigenvalue weighted by atomic mass is 10.1. The predicted molar refractivity (Wildman–Crippen MR) is 71.6 cm³/mol. The topological polar surface area (TPSA) is 19.4 Å². The van der Waals surface area contributed by atoms with Gasteiger partial charge in [-0.25, -0.2) is 0 Å². The first-order valence-electron chi connectivity index (χ1n) is 7.13. The first-order valence-corrected chi connectivity index (χ1v) is 7.13. The maximum atomic E-state index is 12.9. The molecule has 1 fully saturated rings. The minimum Gasteiger partial charge on any atom is -0.295 e. The van der Waals surface area contributed by atoms with E-state index >= 15 is 0 Å². The summed E-state index contributed by atoms with van der Waals surface area (Å²) in [4.78, 5) is 6.76. The van der Waals surface area contributed by atoms with Gasteiger partial charge >= 0.3 is 12.4 Å². The lowest BCUT2D eigenvalue weighted by molar-refractivity contribution is -0.182. The van der Waals surface area contributed by atoms with Crippen LogP contribution in [0.4, 0.5) is 26.3 Å². The SMILES string of the molecule is C[C@@H](N1CCN(Cc2ncccc2C(F)(F)F)CC1)C(F)(F)F. The minimum absolute atomic E-state index is 0.0239. The van der Waals surface area contributed by atoms with Crippen LogP contribution in [-0.2, 0) is 12.7 Å². The maximum absolute atomic E-state index is 12.9. The first-order chi connectivity index (χ1) is 10.6. The number of hydrogen-bond acceptors (Lipinski definition) is 3. The molecule has 0 spiro atoms. The van der Waals surface area contributed by atoms with Gasteiger partial charge in [-0.15, -0.1) is 0 Å². The summed E-state index contributed by atoms with van der Waals surface area (Å²) in [6, 6.07) is 0.629. The lowest BCUT2D eigenvalue weighted by Crippen LogP contribution is -2.53. The molecule has 0 saturated carbocycles.